The first-order valence-electron chi connectivity index (χ1n) is 17.5. The number of quaternary nitrogens is 1. The third-order valence-electron chi connectivity index (χ3n) is 9.53. The number of aliphatic hydroxyl groups is 1. The lowest BCUT2D eigenvalue weighted by molar-refractivity contribution is -0.949. The molecule has 3 aromatic carbocycles. The van der Waals surface area contributed by atoms with Crippen molar-refractivity contribution < 1.29 is 28.4 Å². The van der Waals surface area contributed by atoms with Crippen LogP contribution in [0.5, 0.6) is 17.2 Å². The van der Waals surface area contributed by atoms with E-state index in [1.54, 1.807) is 21.3 Å². The van der Waals surface area contributed by atoms with Gasteiger partial charge in [0.25, 0.3) is 0 Å². The van der Waals surface area contributed by atoms with E-state index in [1.165, 1.54) is 53.5 Å². The Morgan fingerprint density at radius 1 is 0.765 bits per heavy atom. The van der Waals surface area contributed by atoms with Gasteiger partial charge in [0.1, 0.15) is 23.8 Å². The zero-order chi connectivity index (χ0) is 38.6. The first-order chi connectivity index (χ1) is 24.8. The molecule has 51 heavy (non-hydrogen) atoms. The predicted molar refractivity (Wildman–Crippen MR) is 230 cm³/mol. The normalized spacial score (nSPS) is 17.5. The molecule has 10 heteroatoms. The van der Waals surface area contributed by atoms with E-state index in [2.05, 4.69) is 137 Å². The van der Waals surface area contributed by atoms with Crippen LogP contribution in [0.2, 0.25) is 0 Å². The molecule has 6 nitrogen and oxygen atoms in total. The smallest absolute Gasteiger partial charge is 0.213 e. The molecule has 5 rings (SSSR count). The van der Waals surface area contributed by atoms with Gasteiger partial charge in [-0.15, -0.1) is 0 Å². The van der Waals surface area contributed by atoms with E-state index in [4.69, 9.17) is 19.3 Å². The van der Waals surface area contributed by atoms with Crippen molar-refractivity contribution in [2.24, 2.45) is 11.8 Å². The SMILES string of the molecule is CBr.CBr.CC.CCC1C[N+](CCc2cc[n+](Cc3cc(OC)ccc3Br)c3ccc(OC)cc23)(Cc2cc(OC)ccc2Br)CCC1C.CO. The number of nitrogens with zero attached hydrogens (tertiary/aromatic N) is 2. The highest BCUT2D eigenvalue weighted by atomic mass is 79.9. The molecule has 1 aromatic heterocycles. The third-order valence-corrected chi connectivity index (χ3v) is 11.1. The Kier molecular flexibility index (Phi) is 23.5. The van der Waals surface area contributed by atoms with Crippen molar-refractivity contribution in [1.29, 1.82) is 0 Å². The van der Waals surface area contributed by atoms with Gasteiger partial charge in [-0.3, -0.25) is 0 Å². The molecule has 3 atom stereocenters. The van der Waals surface area contributed by atoms with E-state index in [1.807, 2.05) is 37.6 Å². The van der Waals surface area contributed by atoms with Crippen LogP contribution in [0.1, 0.15) is 57.2 Å². The summed E-state index contributed by atoms with van der Waals surface area (Å²) >= 11 is 13.5. The molecule has 0 spiro atoms. The number of halogens is 4. The Morgan fingerprint density at radius 3 is 1.86 bits per heavy atom. The summed E-state index contributed by atoms with van der Waals surface area (Å²) in [5, 5.41) is 8.25. The number of aromatic nitrogens is 1. The summed E-state index contributed by atoms with van der Waals surface area (Å²) in [5.41, 5.74) is 5.07. The van der Waals surface area contributed by atoms with Crippen LogP contribution in [-0.4, -0.2) is 69.3 Å². The second-order valence-corrected chi connectivity index (χ2v) is 13.8. The average Bonchev–Trinajstić information content (AvgIpc) is 3.20. The zero-order valence-corrected chi connectivity index (χ0v) is 38.6. The number of methoxy groups -OCH3 is 3. The van der Waals surface area contributed by atoms with Gasteiger partial charge in [-0.2, -0.15) is 4.57 Å². The Morgan fingerprint density at radius 2 is 1.29 bits per heavy atom. The summed E-state index contributed by atoms with van der Waals surface area (Å²) in [6.45, 7) is 14.0. The molecule has 0 bridgehead atoms. The molecule has 4 aromatic rings. The number of likely N-dealkylation sites (tertiary alicyclic amines) is 1. The number of hydrogen-bond donors (Lipinski definition) is 1. The van der Waals surface area contributed by atoms with E-state index < -0.39 is 0 Å². The predicted octanol–water partition coefficient (Wildman–Crippen LogP) is 11.0. The van der Waals surface area contributed by atoms with Crippen LogP contribution in [0, 0.1) is 11.8 Å². The molecule has 2 heterocycles. The average molecular weight is 965 g/mol. The molecular weight excluding hydrogens is 904 g/mol. The largest absolute Gasteiger partial charge is 0.497 e. The van der Waals surface area contributed by atoms with Crippen LogP contribution < -0.4 is 18.8 Å². The summed E-state index contributed by atoms with van der Waals surface area (Å²) in [4.78, 5) is 0. The van der Waals surface area contributed by atoms with Gasteiger partial charge in [0.2, 0.25) is 5.52 Å². The first kappa shape index (κ1) is 47.3. The maximum atomic E-state index is 7.00. The van der Waals surface area contributed by atoms with Crippen LogP contribution in [0.3, 0.4) is 0 Å². The highest BCUT2D eigenvalue weighted by Gasteiger charge is 2.38. The van der Waals surface area contributed by atoms with Crippen LogP contribution in [0.15, 0.2) is 75.8 Å². The van der Waals surface area contributed by atoms with Crippen molar-refractivity contribution in [3.05, 3.63) is 92.5 Å². The highest BCUT2D eigenvalue weighted by molar-refractivity contribution is 9.11. The molecule has 0 saturated carbocycles. The number of piperidine rings is 1. The van der Waals surface area contributed by atoms with E-state index in [0.29, 0.717) is 0 Å². The fourth-order valence-corrected chi connectivity index (χ4v) is 7.54. The van der Waals surface area contributed by atoms with Crippen LogP contribution in [0.25, 0.3) is 10.9 Å². The number of pyridine rings is 1. The molecule has 1 aliphatic heterocycles. The highest BCUT2D eigenvalue weighted by Crippen LogP contribution is 2.35. The zero-order valence-electron chi connectivity index (χ0n) is 32.2. The topological polar surface area (TPSA) is 51.8 Å². The van der Waals surface area contributed by atoms with Crippen LogP contribution >= 0.6 is 63.7 Å². The van der Waals surface area contributed by atoms with Gasteiger partial charge in [0.05, 0.1) is 46.3 Å². The number of alkyl halides is 2. The van der Waals surface area contributed by atoms with E-state index >= 15 is 0 Å². The molecule has 3 unspecified atom stereocenters. The fourth-order valence-electron chi connectivity index (χ4n) is 6.80. The lowest BCUT2D eigenvalue weighted by Crippen LogP contribution is -2.56. The monoisotopic (exact) mass is 960 g/mol. The number of aliphatic hydroxyl groups excluding tert-OH is 1. The van der Waals surface area contributed by atoms with Gasteiger partial charge in [-0.25, -0.2) is 0 Å². The van der Waals surface area contributed by atoms with Crippen molar-refractivity contribution >= 4 is 74.6 Å². The Bertz CT molecular complexity index is 1590. The molecule has 284 valence electrons. The van der Waals surface area contributed by atoms with E-state index in [9.17, 15) is 0 Å². The quantitative estimate of drug-likeness (QED) is 0.0925. The minimum atomic E-state index is 0.731. The number of benzene rings is 3. The standard InChI is InChI=1S/C36H44Br2N2O3.C2H6.2CH3Br.CH4O/c1-6-26-23-40(17-14-25(26)2,24-29-20-31(42-4)8-11-35(29)38)18-15-27-13-16-39(36-12-9-32(43-5)21-33(27)36)22-28-19-30(41-3)7-10-34(28)37;4*1-2/h7-13,16,19-21,25-26H,6,14-15,17-18,22-24H2,1-5H3;1-2H3;2*1H3;2H,1H3/q+2;;;;. The van der Waals surface area contributed by atoms with Gasteiger partial charge < -0.3 is 23.8 Å². The minimum absolute atomic E-state index is 0.731. The van der Waals surface area contributed by atoms with Crippen LogP contribution in [-0.2, 0) is 19.5 Å². The molecule has 0 aliphatic carbocycles. The van der Waals surface area contributed by atoms with Gasteiger partial charge in [-0.05, 0) is 84.5 Å². The molecule has 1 saturated heterocycles. The summed E-state index contributed by atoms with van der Waals surface area (Å²) < 4.78 is 22.5. The van der Waals surface area contributed by atoms with Crippen molar-refractivity contribution in [2.45, 2.75) is 60.0 Å². The molecule has 0 radical (unpaired) electrons. The fraction of sp³-hybridized carbons (Fsp3) is 0.488. The summed E-state index contributed by atoms with van der Waals surface area (Å²) in [5.74, 6) is 7.79. The van der Waals surface area contributed by atoms with E-state index in [-0.39, 0.29) is 0 Å². The van der Waals surface area contributed by atoms with Crippen molar-refractivity contribution in [2.75, 3.05) is 59.7 Å². The maximum Gasteiger partial charge on any atom is 0.213 e. The van der Waals surface area contributed by atoms with Crippen LogP contribution in [0.4, 0.5) is 0 Å². The second-order valence-electron chi connectivity index (χ2n) is 12.1. The number of rotatable bonds is 11. The van der Waals surface area contributed by atoms with Crippen molar-refractivity contribution in [3.8, 4) is 17.2 Å². The molecule has 1 N–H and O–H groups in total. The molecule has 0 amide bonds. The third kappa shape index (κ3) is 13.3. The summed E-state index contributed by atoms with van der Waals surface area (Å²) in [6.07, 6.45) is 5.73. The Hall–Kier alpha value is -1.69. The molecule has 1 aliphatic rings. The van der Waals surface area contributed by atoms with Gasteiger partial charge in [-0.1, -0.05) is 91.4 Å². The number of hydrogen-bond acceptors (Lipinski definition) is 4. The summed E-state index contributed by atoms with van der Waals surface area (Å²) in [6, 6.07) is 21.3. The van der Waals surface area contributed by atoms with Crippen molar-refractivity contribution in [3.63, 3.8) is 0 Å². The Labute approximate surface area is 342 Å². The number of ether oxygens (including phenoxy) is 3. The van der Waals surface area contributed by atoms with Gasteiger partial charge >= 0.3 is 0 Å². The maximum absolute atomic E-state index is 7.00. The lowest BCUT2D eigenvalue weighted by atomic mass is 9.83. The van der Waals surface area contributed by atoms with Gasteiger partial charge in [0.15, 0.2) is 12.7 Å². The van der Waals surface area contributed by atoms with E-state index in [0.717, 1.165) is 75.7 Å². The van der Waals surface area contributed by atoms with Gasteiger partial charge in [0, 0.05) is 51.7 Å². The minimum Gasteiger partial charge on any atom is -0.497 e. The molecular formula is C41H60Br4N2O4+2. The number of fused-ring (bicyclic) bond motifs is 1. The summed E-state index contributed by atoms with van der Waals surface area (Å²) in [7, 11) is 6.21. The Balaban J connectivity index is 0.00000152. The molecule has 1 fully saturated rings. The van der Waals surface area contributed by atoms with Crippen molar-refractivity contribution in [1.82, 2.24) is 0 Å². The first-order valence-corrected chi connectivity index (χ1v) is 22.2. The lowest BCUT2D eigenvalue weighted by Gasteiger charge is -2.47. The second kappa shape index (κ2) is 25.4.